The van der Waals surface area contributed by atoms with Crippen molar-refractivity contribution in [2.75, 3.05) is 6.54 Å². The van der Waals surface area contributed by atoms with Crippen LogP contribution in [0.25, 0.3) is 0 Å². The molecule has 6 heteroatoms. The number of hydrogen-bond donors (Lipinski definition) is 2. The van der Waals surface area contributed by atoms with Gasteiger partial charge in [0.05, 0.1) is 0 Å². The Morgan fingerprint density at radius 3 is 2.42 bits per heavy atom. The second-order valence-electron chi connectivity index (χ2n) is 8.37. The largest absolute Gasteiger partial charge is 0.480 e. The number of likely N-dealkylation sites (tertiary alicyclic amines) is 1. The number of fused-ring (bicyclic) bond motifs is 1. The van der Waals surface area contributed by atoms with Crippen molar-refractivity contribution in [3.8, 4) is 0 Å². The Morgan fingerprint density at radius 1 is 1.29 bits per heavy atom. The summed E-state index contributed by atoms with van der Waals surface area (Å²) in [6.07, 6.45) is 2.52. The van der Waals surface area contributed by atoms with Gasteiger partial charge in [-0.1, -0.05) is 34.1 Å². The van der Waals surface area contributed by atoms with Gasteiger partial charge in [-0.3, -0.25) is 9.59 Å². The molecule has 0 aromatic carbocycles. The van der Waals surface area contributed by atoms with E-state index in [2.05, 4.69) is 19.2 Å². The first kappa shape index (κ1) is 17.2. The van der Waals surface area contributed by atoms with Gasteiger partial charge >= 0.3 is 5.97 Å². The number of nitrogens with zero attached hydrogens (tertiary/aromatic N) is 1. The second kappa shape index (κ2) is 5.74. The van der Waals surface area contributed by atoms with Gasteiger partial charge in [-0.05, 0) is 30.1 Å². The molecule has 134 valence electrons. The van der Waals surface area contributed by atoms with Gasteiger partial charge in [-0.15, -0.1) is 0 Å². The number of aliphatic carboxylic acids is 1. The van der Waals surface area contributed by atoms with Crippen LogP contribution in [0.2, 0.25) is 0 Å². The van der Waals surface area contributed by atoms with Crippen molar-refractivity contribution in [3.05, 3.63) is 0 Å². The molecule has 2 saturated carbocycles. The lowest BCUT2D eigenvalue weighted by atomic mass is 9.95. The lowest BCUT2D eigenvalue weighted by Gasteiger charge is -2.33. The Hall–Kier alpha value is -1.59. The molecule has 0 aromatic heterocycles. The SMILES string of the molecule is CC[C@@H](C)[C@H](NC(=O)C1CC1)C(=O)N1C[C@H]2[C@@H]([C@H]1C(=O)O)C2(C)C. The van der Waals surface area contributed by atoms with Crippen molar-refractivity contribution < 1.29 is 19.5 Å². The summed E-state index contributed by atoms with van der Waals surface area (Å²) in [5.74, 6) is -0.933. The van der Waals surface area contributed by atoms with Gasteiger partial charge in [0.25, 0.3) is 0 Å². The third-order valence-corrected chi connectivity index (χ3v) is 6.47. The van der Waals surface area contributed by atoms with Crippen LogP contribution < -0.4 is 5.32 Å². The number of carbonyl (C=O) groups excluding carboxylic acids is 2. The van der Waals surface area contributed by atoms with E-state index in [-0.39, 0.29) is 40.9 Å². The van der Waals surface area contributed by atoms with Crippen molar-refractivity contribution in [2.45, 2.75) is 59.0 Å². The van der Waals surface area contributed by atoms with Gasteiger partial charge < -0.3 is 15.3 Å². The van der Waals surface area contributed by atoms with Crippen LogP contribution in [0, 0.1) is 29.1 Å². The average molecular weight is 336 g/mol. The maximum absolute atomic E-state index is 13.1. The monoisotopic (exact) mass is 336 g/mol. The molecule has 1 saturated heterocycles. The minimum atomic E-state index is -0.933. The number of amides is 2. The van der Waals surface area contributed by atoms with Crippen molar-refractivity contribution >= 4 is 17.8 Å². The summed E-state index contributed by atoms with van der Waals surface area (Å²) in [5, 5.41) is 12.5. The Bertz CT molecular complexity index is 565. The van der Waals surface area contributed by atoms with E-state index < -0.39 is 18.1 Å². The molecular formula is C18H28N2O4. The fraction of sp³-hybridized carbons (Fsp3) is 0.833. The third kappa shape index (κ3) is 2.70. The predicted octanol–water partition coefficient (Wildman–Crippen LogP) is 1.49. The Labute approximate surface area is 143 Å². The van der Waals surface area contributed by atoms with Crippen LogP contribution in [0.5, 0.6) is 0 Å². The highest BCUT2D eigenvalue weighted by molar-refractivity contribution is 5.92. The van der Waals surface area contributed by atoms with Gasteiger partial charge in [-0.2, -0.15) is 0 Å². The number of carboxylic acids is 1. The first-order valence-electron chi connectivity index (χ1n) is 9.03. The highest BCUT2D eigenvalue weighted by atomic mass is 16.4. The summed E-state index contributed by atoms with van der Waals surface area (Å²) in [6.45, 7) is 8.54. The molecule has 1 heterocycles. The molecule has 3 fully saturated rings. The number of piperidine rings is 1. The standard InChI is InChI=1S/C18H28N2O4/c1-5-9(2)13(19-15(21)10-6-7-10)16(22)20-8-11-12(18(11,3)4)14(20)17(23)24/h9-14H,5-8H2,1-4H3,(H,19,21)(H,23,24)/t9-,11+,12+,13+,14+/m1/s1. The van der Waals surface area contributed by atoms with Crippen molar-refractivity contribution in [1.29, 1.82) is 0 Å². The van der Waals surface area contributed by atoms with Crippen LogP contribution in [0.4, 0.5) is 0 Å². The summed E-state index contributed by atoms with van der Waals surface area (Å²) in [4.78, 5) is 38.5. The number of carbonyl (C=O) groups is 3. The minimum Gasteiger partial charge on any atom is -0.480 e. The van der Waals surface area contributed by atoms with Crippen LogP contribution in [-0.4, -0.2) is 46.4 Å². The van der Waals surface area contributed by atoms with Gasteiger partial charge in [0, 0.05) is 18.4 Å². The van der Waals surface area contributed by atoms with Crippen molar-refractivity contribution in [1.82, 2.24) is 10.2 Å². The molecule has 1 aliphatic heterocycles. The number of nitrogens with one attached hydrogen (secondary N) is 1. The van der Waals surface area contributed by atoms with Crippen molar-refractivity contribution in [2.24, 2.45) is 29.1 Å². The van der Waals surface area contributed by atoms with Crippen LogP contribution >= 0.6 is 0 Å². The molecule has 0 radical (unpaired) electrons. The number of hydrogen-bond acceptors (Lipinski definition) is 3. The molecule has 3 aliphatic rings. The van der Waals surface area contributed by atoms with Crippen LogP contribution in [0.1, 0.15) is 47.0 Å². The highest BCUT2D eigenvalue weighted by Crippen LogP contribution is 2.64. The van der Waals surface area contributed by atoms with E-state index >= 15 is 0 Å². The summed E-state index contributed by atoms with van der Waals surface area (Å²) in [7, 11) is 0. The fourth-order valence-electron chi connectivity index (χ4n) is 4.27. The van der Waals surface area contributed by atoms with Gasteiger partial charge in [0.15, 0.2) is 0 Å². The lowest BCUT2D eigenvalue weighted by molar-refractivity contribution is -0.152. The van der Waals surface area contributed by atoms with E-state index in [0.717, 1.165) is 19.3 Å². The minimum absolute atomic E-state index is 0.0109. The highest BCUT2D eigenvalue weighted by Gasteiger charge is 2.69. The molecule has 2 aliphatic carbocycles. The zero-order valence-electron chi connectivity index (χ0n) is 14.9. The summed E-state index contributed by atoms with van der Waals surface area (Å²) in [6, 6.07) is -1.38. The van der Waals surface area contributed by atoms with Crippen LogP contribution in [0.3, 0.4) is 0 Å². The molecular weight excluding hydrogens is 308 g/mol. The first-order chi connectivity index (χ1) is 11.2. The molecule has 0 spiro atoms. The van der Waals surface area contributed by atoms with Gasteiger partial charge in [0.2, 0.25) is 11.8 Å². The molecule has 0 aromatic rings. The topological polar surface area (TPSA) is 86.7 Å². The molecule has 0 unspecified atom stereocenters. The predicted molar refractivity (Wildman–Crippen MR) is 88.0 cm³/mol. The average Bonchev–Trinajstić information content (AvgIpc) is 3.39. The molecule has 6 nitrogen and oxygen atoms in total. The molecule has 5 atom stereocenters. The van der Waals surface area contributed by atoms with E-state index in [1.807, 2.05) is 13.8 Å². The second-order valence-corrected chi connectivity index (χ2v) is 8.37. The zero-order chi connectivity index (χ0) is 17.8. The van der Waals surface area contributed by atoms with E-state index in [1.165, 1.54) is 4.90 Å². The van der Waals surface area contributed by atoms with E-state index in [4.69, 9.17) is 0 Å². The number of carboxylic acid groups (broad SMARTS) is 1. The summed E-state index contributed by atoms with van der Waals surface area (Å²) < 4.78 is 0. The smallest absolute Gasteiger partial charge is 0.326 e. The van der Waals surface area contributed by atoms with Crippen LogP contribution in [0.15, 0.2) is 0 Å². The molecule has 24 heavy (non-hydrogen) atoms. The quantitative estimate of drug-likeness (QED) is 0.769. The Balaban J connectivity index is 1.76. The molecule has 0 bridgehead atoms. The fourth-order valence-corrected chi connectivity index (χ4v) is 4.27. The maximum atomic E-state index is 13.1. The van der Waals surface area contributed by atoms with E-state index in [9.17, 15) is 19.5 Å². The Kier molecular flexibility index (Phi) is 4.12. The Morgan fingerprint density at radius 2 is 1.92 bits per heavy atom. The normalized spacial score (nSPS) is 32.7. The van der Waals surface area contributed by atoms with E-state index in [1.54, 1.807) is 0 Å². The number of rotatable bonds is 6. The molecule has 3 rings (SSSR count). The van der Waals surface area contributed by atoms with Crippen LogP contribution in [-0.2, 0) is 14.4 Å². The summed E-state index contributed by atoms with van der Waals surface area (Å²) >= 11 is 0. The van der Waals surface area contributed by atoms with Gasteiger partial charge in [0.1, 0.15) is 12.1 Å². The maximum Gasteiger partial charge on any atom is 0.326 e. The van der Waals surface area contributed by atoms with Crippen molar-refractivity contribution in [3.63, 3.8) is 0 Å². The molecule has 2 N–H and O–H groups in total. The first-order valence-corrected chi connectivity index (χ1v) is 9.03. The van der Waals surface area contributed by atoms with E-state index in [0.29, 0.717) is 6.54 Å². The zero-order valence-corrected chi connectivity index (χ0v) is 14.9. The molecule has 2 amide bonds. The lowest BCUT2D eigenvalue weighted by Crippen LogP contribution is -2.56. The third-order valence-electron chi connectivity index (χ3n) is 6.47. The summed E-state index contributed by atoms with van der Waals surface area (Å²) in [5.41, 5.74) is -0.0109. The van der Waals surface area contributed by atoms with Gasteiger partial charge in [-0.25, -0.2) is 4.79 Å².